The van der Waals surface area contributed by atoms with Crippen LogP contribution in [-0.4, -0.2) is 22.4 Å². The van der Waals surface area contributed by atoms with Gasteiger partial charge in [0.15, 0.2) is 0 Å². The maximum Gasteiger partial charge on any atom is 0.292 e. The minimum atomic E-state index is -0.503. The average molecular weight is 346 g/mol. The molecule has 0 unspecified atom stereocenters. The molecular formula is C16H18N4O3S. The van der Waals surface area contributed by atoms with Crippen molar-refractivity contribution in [3.8, 4) is 0 Å². The van der Waals surface area contributed by atoms with E-state index >= 15 is 0 Å². The van der Waals surface area contributed by atoms with Crippen LogP contribution >= 0.6 is 11.3 Å². The third-order valence-corrected chi connectivity index (χ3v) is 5.24. The molecule has 2 N–H and O–H groups in total. The van der Waals surface area contributed by atoms with Gasteiger partial charge >= 0.3 is 0 Å². The molecule has 1 fully saturated rings. The van der Waals surface area contributed by atoms with E-state index in [1.165, 1.54) is 12.1 Å². The van der Waals surface area contributed by atoms with Gasteiger partial charge in [0.25, 0.3) is 5.69 Å². The molecule has 0 atom stereocenters. The molecule has 126 valence electrons. The third kappa shape index (κ3) is 3.44. The Morgan fingerprint density at radius 1 is 1.33 bits per heavy atom. The largest absolute Gasteiger partial charge is 0.319 e. The summed E-state index contributed by atoms with van der Waals surface area (Å²) in [6.07, 6.45) is 5.85. The number of amides is 1. The standard InChI is InChI=1S/C16H18N4O3S/c21-14(19-12-5-1-2-6-13(12)20(22)23)11-18-16(7-3-4-8-16)15-17-9-10-24-15/h1-2,5-6,9-10,18H,3-4,7-8,11H2,(H,19,21). The summed E-state index contributed by atoms with van der Waals surface area (Å²) in [5.41, 5.74) is -0.154. The molecule has 1 aliphatic rings. The molecule has 24 heavy (non-hydrogen) atoms. The number of anilines is 1. The van der Waals surface area contributed by atoms with E-state index in [4.69, 9.17) is 0 Å². The maximum absolute atomic E-state index is 12.2. The van der Waals surface area contributed by atoms with Crippen LogP contribution in [-0.2, 0) is 10.3 Å². The van der Waals surface area contributed by atoms with Gasteiger partial charge in [-0.1, -0.05) is 25.0 Å². The van der Waals surface area contributed by atoms with Gasteiger partial charge in [-0.2, -0.15) is 0 Å². The van der Waals surface area contributed by atoms with E-state index in [2.05, 4.69) is 15.6 Å². The normalized spacial score (nSPS) is 16.0. The highest BCUT2D eigenvalue weighted by atomic mass is 32.1. The molecule has 0 aliphatic heterocycles. The van der Waals surface area contributed by atoms with E-state index in [1.54, 1.807) is 29.7 Å². The molecule has 2 aromatic rings. The summed E-state index contributed by atoms with van der Waals surface area (Å²) in [6, 6.07) is 6.13. The number of thiazole rings is 1. The van der Waals surface area contributed by atoms with Crippen molar-refractivity contribution in [1.82, 2.24) is 10.3 Å². The lowest BCUT2D eigenvalue weighted by Gasteiger charge is -2.28. The fraction of sp³-hybridized carbons (Fsp3) is 0.375. The summed E-state index contributed by atoms with van der Waals surface area (Å²) in [5, 5.41) is 19.9. The third-order valence-electron chi connectivity index (χ3n) is 4.26. The Balaban J connectivity index is 1.66. The number of rotatable bonds is 6. The number of nitro groups is 1. The van der Waals surface area contributed by atoms with Crippen molar-refractivity contribution in [3.63, 3.8) is 0 Å². The Bertz CT molecular complexity index is 727. The van der Waals surface area contributed by atoms with Crippen molar-refractivity contribution >= 4 is 28.6 Å². The first kappa shape index (κ1) is 16.5. The van der Waals surface area contributed by atoms with Crippen molar-refractivity contribution < 1.29 is 9.72 Å². The molecule has 1 aromatic carbocycles. The number of aromatic nitrogens is 1. The van der Waals surface area contributed by atoms with E-state index in [1.807, 2.05) is 5.38 Å². The summed E-state index contributed by atoms with van der Waals surface area (Å²) in [4.78, 5) is 27.2. The zero-order valence-corrected chi connectivity index (χ0v) is 13.8. The van der Waals surface area contributed by atoms with Gasteiger partial charge in [0.05, 0.1) is 17.0 Å². The monoisotopic (exact) mass is 346 g/mol. The van der Waals surface area contributed by atoms with Crippen molar-refractivity contribution in [1.29, 1.82) is 0 Å². The predicted molar refractivity (Wildman–Crippen MR) is 92.0 cm³/mol. The fourth-order valence-electron chi connectivity index (χ4n) is 3.09. The molecule has 0 bridgehead atoms. The molecule has 1 heterocycles. The lowest BCUT2D eigenvalue weighted by molar-refractivity contribution is -0.383. The summed E-state index contributed by atoms with van der Waals surface area (Å²) < 4.78 is 0. The van der Waals surface area contributed by atoms with Crippen LogP contribution in [0.1, 0.15) is 30.7 Å². The molecule has 3 rings (SSSR count). The van der Waals surface area contributed by atoms with Gasteiger partial charge in [-0.25, -0.2) is 4.98 Å². The summed E-state index contributed by atoms with van der Waals surface area (Å²) in [5.74, 6) is -0.299. The van der Waals surface area contributed by atoms with Crippen LogP contribution in [0.2, 0.25) is 0 Å². The predicted octanol–water partition coefficient (Wildman–Crippen LogP) is 3.05. The average Bonchev–Trinajstić information content (AvgIpc) is 3.25. The van der Waals surface area contributed by atoms with E-state index in [9.17, 15) is 14.9 Å². The number of nitro benzene ring substituents is 1. The Hall–Kier alpha value is -2.32. The minimum absolute atomic E-state index is 0.0889. The quantitative estimate of drug-likeness (QED) is 0.619. The van der Waals surface area contributed by atoms with E-state index in [-0.39, 0.29) is 29.4 Å². The molecule has 1 aliphatic carbocycles. The SMILES string of the molecule is O=C(CNC1(c2nccs2)CCCC1)Nc1ccccc1[N+](=O)[O-]. The lowest BCUT2D eigenvalue weighted by Crippen LogP contribution is -2.44. The van der Waals surface area contributed by atoms with E-state index < -0.39 is 4.92 Å². The first-order chi connectivity index (χ1) is 11.6. The molecule has 0 radical (unpaired) electrons. The second-order valence-corrected chi connectivity index (χ2v) is 6.70. The van der Waals surface area contributed by atoms with Crippen molar-refractivity contribution in [3.05, 3.63) is 51.0 Å². The summed E-state index contributed by atoms with van der Waals surface area (Å²) >= 11 is 1.59. The molecule has 1 amide bonds. The lowest BCUT2D eigenvalue weighted by atomic mass is 9.98. The number of nitrogens with one attached hydrogen (secondary N) is 2. The number of carbonyl (C=O) groups excluding carboxylic acids is 1. The van der Waals surface area contributed by atoms with Gasteiger partial charge < -0.3 is 5.32 Å². The van der Waals surface area contributed by atoms with Gasteiger partial charge in [0, 0.05) is 17.6 Å². The minimum Gasteiger partial charge on any atom is -0.319 e. The molecule has 7 nitrogen and oxygen atoms in total. The van der Waals surface area contributed by atoms with Gasteiger partial charge in [-0.05, 0) is 18.9 Å². The first-order valence-electron chi connectivity index (χ1n) is 7.79. The van der Waals surface area contributed by atoms with Crippen LogP contribution in [0.5, 0.6) is 0 Å². The number of para-hydroxylation sites is 2. The van der Waals surface area contributed by atoms with Crippen LogP contribution < -0.4 is 10.6 Å². The Kier molecular flexibility index (Phi) is 4.86. The fourth-order valence-corrected chi connectivity index (χ4v) is 3.96. The molecule has 0 saturated heterocycles. The topological polar surface area (TPSA) is 97.2 Å². The number of hydrogen-bond donors (Lipinski definition) is 2. The zero-order chi connectivity index (χ0) is 17.0. The Morgan fingerprint density at radius 2 is 2.08 bits per heavy atom. The first-order valence-corrected chi connectivity index (χ1v) is 8.67. The highest BCUT2D eigenvalue weighted by Crippen LogP contribution is 2.39. The van der Waals surface area contributed by atoms with Gasteiger partial charge in [0.1, 0.15) is 10.7 Å². The second-order valence-electron chi connectivity index (χ2n) is 5.80. The van der Waals surface area contributed by atoms with Crippen LogP contribution in [0.15, 0.2) is 35.8 Å². The molecule has 1 saturated carbocycles. The van der Waals surface area contributed by atoms with Crippen molar-refractivity contribution in [2.24, 2.45) is 0 Å². The number of nitrogens with zero attached hydrogens (tertiary/aromatic N) is 2. The zero-order valence-electron chi connectivity index (χ0n) is 13.0. The van der Waals surface area contributed by atoms with Crippen LogP contribution in [0.25, 0.3) is 0 Å². The van der Waals surface area contributed by atoms with Gasteiger partial charge in [0.2, 0.25) is 5.91 Å². The Morgan fingerprint density at radius 3 is 2.75 bits per heavy atom. The number of carbonyl (C=O) groups is 1. The summed E-state index contributed by atoms with van der Waals surface area (Å²) in [7, 11) is 0. The highest BCUT2D eigenvalue weighted by Gasteiger charge is 2.37. The van der Waals surface area contributed by atoms with Crippen LogP contribution in [0.4, 0.5) is 11.4 Å². The van der Waals surface area contributed by atoms with Crippen molar-refractivity contribution in [2.75, 3.05) is 11.9 Å². The summed E-state index contributed by atoms with van der Waals surface area (Å²) in [6.45, 7) is 0.0889. The number of hydrogen-bond acceptors (Lipinski definition) is 6. The highest BCUT2D eigenvalue weighted by molar-refractivity contribution is 7.09. The van der Waals surface area contributed by atoms with Crippen LogP contribution in [0.3, 0.4) is 0 Å². The molecule has 1 aromatic heterocycles. The van der Waals surface area contributed by atoms with E-state index in [0.29, 0.717) is 0 Å². The number of benzene rings is 1. The molecular weight excluding hydrogens is 328 g/mol. The van der Waals surface area contributed by atoms with Gasteiger partial charge in [-0.3, -0.25) is 20.2 Å². The smallest absolute Gasteiger partial charge is 0.292 e. The second kappa shape index (κ2) is 7.06. The molecule has 8 heteroatoms. The van der Waals surface area contributed by atoms with Gasteiger partial charge in [-0.15, -0.1) is 11.3 Å². The maximum atomic E-state index is 12.2. The Labute approximate surface area is 143 Å². The van der Waals surface area contributed by atoms with Crippen molar-refractivity contribution in [2.45, 2.75) is 31.2 Å². The van der Waals surface area contributed by atoms with Crippen LogP contribution in [0, 0.1) is 10.1 Å². The molecule has 0 spiro atoms. The van der Waals surface area contributed by atoms with E-state index in [0.717, 1.165) is 30.7 Å².